The first kappa shape index (κ1) is 20.6. The molecule has 0 fully saturated rings. The first-order chi connectivity index (χ1) is 4.45. The van der Waals surface area contributed by atoms with Crippen LogP contribution in [0, 0.1) is 0 Å². The Labute approximate surface area is 126 Å². The molecule has 1 rings (SSSR count). The zero-order chi connectivity index (χ0) is 7.94. The number of halogens is 3. The second kappa shape index (κ2) is 7.51. The molecule has 0 aromatic carbocycles. The molecule has 0 nitrogen and oxygen atoms in total. The van der Waals surface area contributed by atoms with Crippen LogP contribution < -0.4 is 0 Å². The molecule has 1 unspecified atom stereocenters. The largest absolute Gasteiger partial charge is 0.147 e. The maximum Gasteiger partial charge on any atom is -0.147 e. The third-order valence-corrected chi connectivity index (χ3v) is 11.2. The van der Waals surface area contributed by atoms with E-state index in [0.29, 0.717) is 0.831 Å². The van der Waals surface area contributed by atoms with Crippen LogP contribution >= 0.6 is 37.2 Å². The van der Waals surface area contributed by atoms with Crippen molar-refractivity contribution in [1.29, 1.82) is 0 Å². The van der Waals surface area contributed by atoms with Gasteiger partial charge in [-0.15, -0.1) is 37.2 Å². The van der Waals surface area contributed by atoms with Crippen LogP contribution in [0.15, 0.2) is 11.1 Å². The Hall–Kier alpha value is 2.25. The van der Waals surface area contributed by atoms with Gasteiger partial charge in [-0.3, -0.25) is 0 Å². The van der Waals surface area contributed by atoms with Crippen molar-refractivity contribution in [3.8, 4) is 0 Å². The second-order valence-corrected chi connectivity index (χ2v) is 16.6. The van der Waals surface area contributed by atoms with Gasteiger partial charge in [-0.1, -0.05) is 0 Å². The first-order valence-electron chi connectivity index (χ1n) is 3.45. The van der Waals surface area contributed by atoms with E-state index in [1.54, 1.807) is 39.1 Å². The van der Waals surface area contributed by atoms with Crippen LogP contribution in [0.4, 0.5) is 0 Å². The van der Waals surface area contributed by atoms with Crippen LogP contribution in [0.25, 0.3) is 0 Å². The van der Waals surface area contributed by atoms with Crippen LogP contribution in [0.5, 0.6) is 0 Å². The molecule has 0 saturated carbocycles. The smallest absolute Gasteiger partial charge is 0.147 e. The fraction of sp³-hybridized carbons (Fsp3) is 0.625. The summed E-state index contributed by atoms with van der Waals surface area (Å²) in [5, 5.41) is 0. The zero-order valence-corrected chi connectivity index (χ0v) is 16.6. The molecule has 13 heavy (non-hydrogen) atoms. The van der Waals surface area contributed by atoms with E-state index in [2.05, 4.69) is 27.7 Å². The van der Waals surface area contributed by atoms with Gasteiger partial charge >= 0.3 is 90.3 Å². The van der Waals surface area contributed by atoms with E-state index in [9.17, 15) is 0 Å². The minimum atomic E-state index is -0.280. The summed E-state index contributed by atoms with van der Waals surface area (Å²) in [6.07, 6.45) is 0. The molecule has 0 saturated heterocycles. The average molecular weight is 518 g/mol. The summed E-state index contributed by atoms with van der Waals surface area (Å²) >= 11 is 1.46. The van der Waals surface area contributed by atoms with Gasteiger partial charge in [0.15, 0.2) is 0 Å². The van der Waals surface area contributed by atoms with Crippen molar-refractivity contribution >= 4 is 63.2 Å². The first-order valence-corrected chi connectivity index (χ1v) is 8.15. The van der Waals surface area contributed by atoms with Crippen molar-refractivity contribution in [3.05, 3.63) is 11.1 Å². The van der Waals surface area contributed by atoms with E-state index in [1.807, 2.05) is 0 Å². The molecule has 0 bridgehead atoms. The van der Waals surface area contributed by atoms with E-state index < -0.39 is 0 Å². The van der Waals surface area contributed by atoms with Gasteiger partial charge < -0.3 is 0 Å². The minimum Gasteiger partial charge on any atom is -0.147 e. The Morgan fingerprint density at radius 1 is 1.08 bits per heavy atom. The molecule has 0 aliphatic carbocycles. The van der Waals surface area contributed by atoms with Gasteiger partial charge in [0.2, 0.25) is 0 Å². The van der Waals surface area contributed by atoms with Crippen molar-refractivity contribution in [2.75, 3.05) is 0 Å². The predicted octanol–water partition coefficient (Wildman–Crippen LogP) is 3.18. The van der Waals surface area contributed by atoms with Crippen molar-refractivity contribution in [2.24, 2.45) is 0 Å². The van der Waals surface area contributed by atoms with E-state index >= 15 is 0 Å². The molecule has 77 valence electrons. The molecule has 0 N–H and O–H groups in total. The summed E-state index contributed by atoms with van der Waals surface area (Å²) in [5.74, 6) is 0. The number of hydrogen-bond acceptors (Lipinski definition) is 0. The van der Waals surface area contributed by atoms with E-state index in [1.165, 1.54) is 0 Å². The normalized spacial score (nSPS) is 25.3. The molecule has 0 amide bonds. The fourth-order valence-corrected chi connectivity index (χ4v) is 10.4. The van der Waals surface area contributed by atoms with Crippen molar-refractivity contribution in [1.82, 2.24) is 0 Å². The Morgan fingerprint density at radius 2 is 1.46 bits per heavy atom. The van der Waals surface area contributed by atoms with Crippen molar-refractivity contribution in [2.45, 2.75) is 28.5 Å². The summed E-state index contributed by atoms with van der Waals surface area (Å²) in [5.41, 5.74) is 3.33. The second-order valence-electron chi connectivity index (χ2n) is 3.02. The third-order valence-electron chi connectivity index (χ3n) is 2.23. The SMILES string of the molecule is C[C]1=[Bi][C](C)([Zr])C(C)=C1C.Cl.Cl.Cl. The summed E-state index contributed by atoms with van der Waals surface area (Å²) < 4.78 is 2.48. The Morgan fingerprint density at radius 3 is 1.54 bits per heavy atom. The maximum atomic E-state index is 2.44. The molecule has 5 heteroatoms. The monoisotopic (exact) mass is 515 g/mol. The molecule has 0 aromatic heterocycles. The van der Waals surface area contributed by atoms with Gasteiger partial charge in [-0.05, 0) is 0 Å². The van der Waals surface area contributed by atoms with Gasteiger partial charge in [0.1, 0.15) is 0 Å². The van der Waals surface area contributed by atoms with Crippen LogP contribution in [0.1, 0.15) is 27.7 Å². The summed E-state index contributed by atoms with van der Waals surface area (Å²) in [6.45, 7) is 9.40. The molecule has 1 heterocycles. The number of allylic oxidation sites excluding steroid dienone is 2. The Kier molecular flexibility index (Phi) is 11.9. The molecule has 1 aliphatic heterocycles. The van der Waals surface area contributed by atoms with Gasteiger partial charge in [0, 0.05) is 0 Å². The molecule has 0 radical (unpaired) electrons. The zero-order valence-electron chi connectivity index (χ0n) is 8.17. The topological polar surface area (TPSA) is 0 Å². The van der Waals surface area contributed by atoms with Crippen LogP contribution in [-0.4, -0.2) is 26.0 Å². The predicted molar refractivity (Wildman–Crippen MR) is 64.9 cm³/mol. The number of rotatable bonds is 0. The molecular formula is C8H15BiCl3Zr. The van der Waals surface area contributed by atoms with Crippen LogP contribution in [-0.2, 0) is 24.7 Å². The maximum absolute atomic E-state index is 2.44. The van der Waals surface area contributed by atoms with E-state index in [4.69, 9.17) is 0 Å². The standard InChI is InChI=1S/C8H12.Bi.3ClH.Zr/c1-5-7(3)8(4)6-2;;;;;/h1-4H3;;3*1H;. The van der Waals surface area contributed by atoms with E-state index in [-0.39, 0.29) is 60.0 Å². The van der Waals surface area contributed by atoms with Crippen molar-refractivity contribution in [3.63, 3.8) is 0 Å². The van der Waals surface area contributed by atoms with E-state index in [0.717, 1.165) is 0 Å². The van der Waals surface area contributed by atoms with Crippen LogP contribution in [0.3, 0.4) is 0 Å². The molecule has 0 aromatic rings. The van der Waals surface area contributed by atoms with Gasteiger partial charge in [-0.25, -0.2) is 0 Å². The van der Waals surface area contributed by atoms with Gasteiger partial charge in [0.05, 0.1) is 0 Å². The van der Waals surface area contributed by atoms with Gasteiger partial charge in [0.25, 0.3) is 0 Å². The molecule has 0 spiro atoms. The molecule has 1 atom stereocenters. The Balaban J connectivity index is -0.000000333. The quantitative estimate of drug-likeness (QED) is 0.433. The fourth-order valence-electron chi connectivity index (χ4n) is 1.14. The van der Waals surface area contributed by atoms with Gasteiger partial charge in [-0.2, -0.15) is 0 Å². The summed E-state index contributed by atoms with van der Waals surface area (Å²) in [6, 6.07) is 0. The molecule has 1 aliphatic rings. The van der Waals surface area contributed by atoms with Crippen molar-refractivity contribution < 1.29 is 24.7 Å². The Bertz CT molecular complexity index is 234. The minimum absolute atomic E-state index is 0. The average Bonchev–Trinajstić information content (AvgIpc) is 1.95. The van der Waals surface area contributed by atoms with Crippen LogP contribution in [0.2, 0.25) is 0.831 Å². The summed E-state index contributed by atoms with van der Waals surface area (Å²) in [4.78, 5) is 0. The summed E-state index contributed by atoms with van der Waals surface area (Å²) in [7, 11) is 0. The third kappa shape index (κ3) is 4.73. The number of hydrogen-bond donors (Lipinski definition) is 0. The molecular weight excluding hydrogens is 503 g/mol.